The normalized spacial score (nSPS) is 29.3. The van der Waals surface area contributed by atoms with E-state index in [9.17, 15) is 0 Å². The third-order valence-electron chi connectivity index (χ3n) is 9.22. The van der Waals surface area contributed by atoms with Crippen LogP contribution in [0.2, 0.25) is 0 Å². The number of nitrogens with one attached hydrogen (secondary N) is 1. The van der Waals surface area contributed by atoms with Crippen LogP contribution in [-0.2, 0) is 0 Å². The molecule has 0 aromatic carbocycles. The van der Waals surface area contributed by atoms with Crippen molar-refractivity contribution in [3.05, 3.63) is 29.6 Å². The molecule has 3 aliphatic carbocycles. The van der Waals surface area contributed by atoms with E-state index >= 15 is 0 Å². The van der Waals surface area contributed by atoms with Gasteiger partial charge in [-0.1, -0.05) is 78.2 Å². The van der Waals surface area contributed by atoms with Crippen molar-refractivity contribution in [1.29, 1.82) is 0 Å². The van der Waals surface area contributed by atoms with Crippen LogP contribution in [-0.4, -0.2) is 11.0 Å². The van der Waals surface area contributed by atoms with Crippen molar-refractivity contribution in [2.75, 3.05) is 0 Å². The quantitative estimate of drug-likeness (QED) is 0.439. The van der Waals surface area contributed by atoms with Crippen LogP contribution in [0, 0.1) is 23.7 Å². The lowest BCUT2D eigenvalue weighted by molar-refractivity contribution is 0.108. The molecule has 3 saturated carbocycles. The van der Waals surface area contributed by atoms with Crippen LogP contribution in [0.4, 0.5) is 0 Å². The Morgan fingerprint density at radius 1 is 0.875 bits per heavy atom. The summed E-state index contributed by atoms with van der Waals surface area (Å²) in [6.45, 7) is 7.31. The monoisotopic (exact) mass is 438 g/mol. The van der Waals surface area contributed by atoms with Crippen molar-refractivity contribution < 1.29 is 0 Å². The van der Waals surface area contributed by atoms with Crippen LogP contribution in [0.25, 0.3) is 0 Å². The van der Waals surface area contributed by atoms with E-state index in [1.54, 1.807) is 0 Å². The summed E-state index contributed by atoms with van der Waals surface area (Å²) in [5.74, 6) is 3.87. The van der Waals surface area contributed by atoms with E-state index in [2.05, 4.69) is 44.3 Å². The molecule has 0 saturated heterocycles. The summed E-state index contributed by atoms with van der Waals surface area (Å²) < 4.78 is 0. The van der Waals surface area contributed by atoms with Crippen LogP contribution in [0.3, 0.4) is 0 Å². The number of hydrogen-bond donors (Lipinski definition) is 1. The molecule has 1 heterocycles. The van der Waals surface area contributed by atoms with Gasteiger partial charge in [-0.3, -0.25) is 4.98 Å². The Hall–Kier alpha value is -0.890. The highest BCUT2D eigenvalue weighted by Crippen LogP contribution is 2.41. The Morgan fingerprint density at radius 3 is 2.28 bits per heavy atom. The molecule has 3 fully saturated rings. The second-order valence-electron chi connectivity index (χ2n) is 11.8. The second kappa shape index (κ2) is 12.0. The second-order valence-corrected chi connectivity index (χ2v) is 11.8. The molecule has 4 atom stereocenters. The molecule has 0 aliphatic heterocycles. The minimum atomic E-state index is 0.447. The Balaban J connectivity index is 1.61. The van der Waals surface area contributed by atoms with E-state index in [0.29, 0.717) is 18.0 Å². The highest BCUT2D eigenvalue weighted by atomic mass is 15.0. The molecule has 32 heavy (non-hydrogen) atoms. The van der Waals surface area contributed by atoms with Crippen molar-refractivity contribution in [2.45, 2.75) is 135 Å². The van der Waals surface area contributed by atoms with Gasteiger partial charge in [-0.05, 0) is 80.8 Å². The van der Waals surface area contributed by atoms with Crippen LogP contribution in [0.5, 0.6) is 0 Å². The summed E-state index contributed by atoms with van der Waals surface area (Å²) >= 11 is 0. The van der Waals surface area contributed by atoms with E-state index in [-0.39, 0.29) is 0 Å². The Kier molecular flexibility index (Phi) is 9.09. The van der Waals surface area contributed by atoms with E-state index in [4.69, 9.17) is 4.98 Å². The predicted octanol–water partition coefficient (Wildman–Crippen LogP) is 8.58. The van der Waals surface area contributed by atoms with Gasteiger partial charge in [0.2, 0.25) is 0 Å². The van der Waals surface area contributed by atoms with Crippen LogP contribution >= 0.6 is 0 Å². The van der Waals surface area contributed by atoms with Gasteiger partial charge in [-0.25, -0.2) is 0 Å². The topological polar surface area (TPSA) is 24.9 Å². The Labute approximate surface area is 198 Å². The van der Waals surface area contributed by atoms with Crippen molar-refractivity contribution in [2.24, 2.45) is 23.7 Å². The summed E-state index contributed by atoms with van der Waals surface area (Å²) in [6.07, 6.45) is 20.8. The van der Waals surface area contributed by atoms with Gasteiger partial charge in [0.25, 0.3) is 0 Å². The van der Waals surface area contributed by atoms with Gasteiger partial charge in [0.1, 0.15) is 0 Å². The summed E-state index contributed by atoms with van der Waals surface area (Å²) in [6, 6.07) is 8.13. The summed E-state index contributed by atoms with van der Waals surface area (Å²) in [7, 11) is 0. The van der Waals surface area contributed by atoms with Crippen molar-refractivity contribution in [1.82, 2.24) is 10.3 Å². The predicted molar refractivity (Wildman–Crippen MR) is 137 cm³/mol. The number of nitrogens with zero attached hydrogens (tertiary/aromatic N) is 1. The molecule has 3 aliphatic rings. The molecule has 1 aromatic rings. The van der Waals surface area contributed by atoms with E-state index < -0.39 is 0 Å². The van der Waals surface area contributed by atoms with Crippen molar-refractivity contribution >= 4 is 0 Å². The fourth-order valence-corrected chi connectivity index (χ4v) is 7.43. The molecule has 4 rings (SSSR count). The lowest BCUT2D eigenvalue weighted by atomic mass is 9.70. The van der Waals surface area contributed by atoms with Crippen LogP contribution in [0.1, 0.15) is 140 Å². The molecule has 4 unspecified atom stereocenters. The average molecular weight is 439 g/mol. The first-order chi connectivity index (χ1) is 15.7. The zero-order valence-electron chi connectivity index (χ0n) is 21.3. The minimum absolute atomic E-state index is 0.447. The van der Waals surface area contributed by atoms with Gasteiger partial charge in [0.05, 0.1) is 11.7 Å². The van der Waals surface area contributed by atoms with Crippen molar-refractivity contribution in [3.63, 3.8) is 0 Å². The maximum Gasteiger partial charge on any atom is 0.0579 e. The molecule has 1 N–H and O–H groups in total. The molecule has 2 nitrogen and oxygen atoms in total. The average Bonchev–Trinajstić information content (AvgIpc) is 2.84. The lowest BCUT2D eigenvalue weighted by Crippen LogP contribution is -2.49. The standard InChI is InChI=1S/C30H50N2/c1-4-13-24-18-11-19-26(22(2)3)29(24)32-30(25-16-9-6-10-17-25)28-21-12-20-27(31-28)23-14-7-5-8-15-23/h12,20-26,29-30,32H,4-11,13-19H2,1-3H3. The van der Waals surface area contributed by atoms with Gasteiger partial charge in [-0.15, -0.1) is 0 Å². The first-order valence-corrected chi connectivity index (χ1v) is 14.4. The smallest absolute Gasteiger partial charge is 0.0579 e. The van der Waals surface area contributed by atoms with Gasteiger partial charge in [0, 0.05) is 17.7 Å². The number of rotatable bonds is 8. The van der Waals surface area contributed by atoms with E-state index in [0.717, 1.165) is 23.7 Å². The maximum atomic E-state index is 5.42. The third-order valence-corrected chi connectivity index (χ3v) is 9.22. The molecule has 0 bridgehead atoms. The maximum absolute atomic E-state index is 5.42. The molecule has 180 valence electrons. The largest absolute Gasteiger partial charge is 0.305 e. The first kappa shape index (κ1) is 24.2. The summed E-state index contributed by atoms with van der Waals surface area (Å²) in [5, 5.41) is 4.38. The van der Waals surface area contributed by atoms with E-state index in [1.165, 1.54) is 108 Å². The fourth-order valence-electron chi connectivity index (χ4n) is 7.43. The minimum Gasteiger partial charge on any atom is -0.305 e. The Bertz CT molecular complexity index is 669. The number of hydrogen-bond acceptors (Lipinski definition) is 2. The summed E-state index contributed by atoms with van der Waals surface area (Å²) in [4.78, 5) is 5.42. The third kappa shape index (κ3) is 5.96. The van der Waals surface area contributed by atoms with Crippen molar-refractivity contribution in [3.8, 4) is 0 Å². The zero-order chi connectivity index (χ0) is 22.3. The summed E-state index contributed by atoms with van der Waals surface area (Å²) in [5.41, 5.74) is 2.75. The molecular weight excluding hydrogens is 388 g/mol. The van der Waals surface area contributed by atoms with Gasteiger partial charge in [-0.2, -0.15) is 0 Å². The van der Waals surface area contributed by atoms with Gasteiger partial charge < -0.3 is 5.32 Å². The zero-order valence-corrected chi connectivity index (χ0v) is 21.3. The van der Waals surface area contributed by atoms with Crippen LogP contribution < -0.4 is 5.32 Å². The molecule has 1 aromatic heterocycles. The SMILES string of the molecule is CCCC1CCCC(C(C)C)C1NC(c1cccc(C2CCCCC2)n1)C1CCCCC1. The number of pyridine rings is 1. The number of aromatic nitrogens is 1. The molecular formula is C30H50N2. The molecule has 0 amide bonds. The van der Waals surface area contributed by atoms with E-state index in [1.807, 2.05) is 0 Å². The van der Waals surface area contributed by atoms with Crippen LogP contribution in [0.15, 0.2) is 18.2 Å². The molecule has 0 spiro atoms. The molecule has 0 radical (unpaired) electrons. The molecule has 2 heteroatoms. The van der Waals surface area contributed by atoms with Gasteiger partial charge >= 0.3 is 0 Å². The highest BCUT2D eigenvalue weighted by Gasteiger charge is 2.38. The first-order valence-electron chi connectivity index (χ1n) is 14.4. The highest BCUT2D eigenvalue weighted by molar-refractivity contribution is 5.19. The fraction of sp³-hybridized carbons (Fsp3) is 0.833. The Morgan fingerprint density at radius 2 is 1.59 bits per heavy atom. The van der Waals surface area contributed by atoms with Gasteiger partial charge in [0.15, 0.2) is 0 Å². The lowest BCUT2D eigenvalue weighted by Gasteiger charge is -2.44.